The van der Waals surface area contributed by atoms with Crippen molar-refractivity contribution in [2.45, 2.75) is 32.7 Å². The Morgan fingerprint density at radius 3 is 2.73 bits per heavy atom. The number of rotatable bonds is 7. The summed E-state index contributed by atoms with van der Waals surface area (Å²) in [6.07, 6.45) is 0.595. The zero-order valence-corrected chi connectivity index (χ0v) is 15.5. The first-order chi connectivity index (χ1) is 12.4. The van der Waals surface area contributed by atoms with Gasteiger partial charge in [0, 0.05) is 13.1 Å². The Morgan fingerprint density at radius 2 is 2.04 bits per heavy atom. The summed E-state index contributed by atoms with van der Waals surface area (Å²) >= 11 is 0. The van der Waals surface area contributed by atoms with Crippen LogP contribution >= 0.6 is 0 Å². The molecule has 2 rings (SSSR count). The highest BCUT2D eigenvalue weighted by Crippen LogP contribution is 2.22. The number of nitrogens with one attached hydrogen (secondary N) is 1. The maximum atomic E-state index is 12.9. The number of benzene rings is 1. The van der Waals surface area contributed by atoms with E-state index in [0.29, 0.717) is 36.9 Å². The minimum Gasteiger partial charge on any atom is -0.496 e. The van der Waals surface area contributed by atoms with Crippen molar-refractivity contribution in [2.75, 3.05) is 26.8 Å². The fourth-order valence-corrected chi connectivity index (χ4v) is 2.76. The predicted molar refractivity (Wildman–Crippen MR) is 95.9 cm³/mol. The molecule has 1 atom stereocenters. The average molecular weight is 362 g/mol. The highest BCUT2D eigenvalue weighted by molar-refractivity contribution is 6.01. The van der Waals surface area contributed by atoms with Crippen molar-refractivity contribution in [3.63, 3.8) is 0 Å². The van der Waals surface area contributed by atoms with Crippen LogP contribution in [0.4, 0.5) is 0 Å². The standard InChI is InChI=1S/C19H26N2O5/c1-13(2)8-11-26-17(22)12-15-18(23)20-9-10-21(15)19(24)14-6-4-5-7-16(14)25-3/h4-7,13,15H,8-12H2,1-3H3,(H,20,23). The summed E-state index contributed by atoms with van der Waals surface area (Å²) in [5, 5.41) is 2.70. The van der Waals surface area contributed by atoms with Crippen molar-refractivity contribution in [2.24, 2.45) is 5.92 Å². The number of hydrogen-bond acceptors (Lipinski definition) is 5. The highest BCUT2D eigenvalue weighted by atomic mass is 16.5. The fraction of sp³-hybridized carbons (Fsp3) is 0.526. The molecule has 1 aliphatic rings. The molecular formula is C19H26N2O5. The van der Waals surface area contributed by atoms with Gasteiger partial charge < -0.3 is 19.7 Å². The van der Waals surface area contributed by atoms with Crippen molar-refractivity contribution in [3.8, 4) is 5.75 Å². The number of methoxy groups -OCH3 is 1. The second-order valence-corrected chi connectivity index (χ2v) is 6.61. The van der Waals surface area contributed by atoms with Gasteiger partial charge in [-0.3, -0.25) is 14.4 Å². The lowest BCUT2D eigenvalue weighted by Crippen LogP contribution is -2.57. The molecule has 2 amide bonds. The molecule has 0 aromatic heterocycles. The van der Waals surface area contributed by atoms with Crippen LogP contribution in [0.15, 0.2) is 24.3 Å². The Labute approximate surface area is 153 Å². The van der Waals surface area contributed by atoms with Crippen LogP contribution in [0.5, 0.6) is 5.75 Å². The molecule has 1 saturated heterocycles. The van der Waals surface area contributed by atoms with E-state index in [1.54, 1.807) is 24.3 Å². The number of nitrogens with zero attached hydrogens (tertiary/aromatic N) is 1. The number of piperazine rings is 1. The van der Waals surface area contributed by atoms with Crippen LogP contribution in [0.2, 0.25) is 0 Å². The molecule has 1 aliphatic heterocycles. The largest absolute Gasteiger partial charge is 0.496 e. The zero-order chi connectivity index (χ0) is 19.1. The zero-order valence-electron chi connectivity index (χ0n) is 15.5. The molecule has 1 heterocycles. The summed E-state index contributed by atoms with van der Waals surface area (Å²) in [6, 6.07) is 5.95. The van der Waals surface area contributed by atoms with Gasteiger partial charge in [0.25, 0.3) is 5.91 Å². The number of ether oxygens (including phenoxy) is 2. The average Bonchev–Trinajstić information content (AvgIpc) is 2.62. The van der Waals surface area contributed by atoms with Gasteiger partial charge in [-0.25, -0.2) is 0 Å². The summed E-state index contributed by atoms with van der Waals surface area (Å²) < 4.78 is 10.4. The van der Waals surface area contributed by atoms with E-state index in [9.17, 15) is 14.4 Å². The van der Waals surface area contributed by atoms with Gasteiger partial charge in [-0.15, -0.1) is 0 Å². The van der Waals surface area contributed by atoms with E-state index in [0.717, 1.165) is 6.42 Å². The number of carbonyl (C=O) groups is 3. The van der Waals surface area contributed by atoms with E-state index in [1.165, 1.54) is 12.0 Å². The maximum Gasteiger partial charge on any atom is 0.308 e. The van der Waals surface area contributed by atoms with Crippen LogP contribution in [0, 0.1) is 5.92 Å². The summed E-state index contributed by atoms with van der Waals surface area (Å²) in [5.41, 5.74) is 0.364. The van der Waals surface area contributed by atoms with Gasteiger partial charge in [-0.2, -0.15) is 0 Å². The molecule has 0 radical (unpaired) electrons. The van der Waals surface area contributed by atoms with E-state index in [1.807, 2.05) is 13.8 Å². The Kier molecular flexibility index (Phi) is 7.00. The Hall–Kier alpha value is -2.57. The molecule has 1 unspecified atom stereocenters. The van der Waals surface area contributed by atoms with Gasteiger partial charge >= 0.3 is 5.97 Å². The topological polar surface area (TPSA) is 84.9 Å². The van der Waals surface area contributed by atoms with Crippen LogP contribution in [-0.2, 0) is 14.3 Å². The van der Waals surface area contributed by atoms with E-state index >= 15 is 0 Å². The quantitative estimate of drug-likeness (QED) is 0.745. The summed E-state index contributed by atoms with van der Waals surface area (Å²) in [7, 11) is 1.48. The van der Waals surface area contributed by atoms with Crippen LogP contribution in [0.25, 0.3) is 0 Å². The molecule has 0 spiro atoms. The Bertz CT molecular complexity index is 659. The molecule has 1 aromatic carbocycles. The predicted octanol–water partition coefficient (Wildman–Crippen LogP) is 1.62. The van der Waals surface area contributed by atoms with E-state index in [4.69, 9.17) is 9.47 Å². The Balaban J connectivity index is 2.11. The third-order valence-electron chi connectivity index (χ3n) is 4.25. The third kappa shape index (κ3) is 4.97. The van der Waals surface area contributed by atoms with Gasteiger partial charge in [-0.1, -0.05) is 26.0 Å². The van der Waals surface area contributed by atoms with E-state index in [2.05, 4.69) is 5.32 Å². The van der Waals surface area contributed by atoms with Gasteiger partial charge in [0.1, 0.15) is 11.8 Å². The molecule has 7 nitrogen and oxygen atoms in total. The number of esters is 1. The van der Waals surface area contributed by atoms with Crippen molar-refractivity contribution < 1.29 is 23.9 Å². The molecule has 142 valence electrons. The minimum atomic E-state index is -0.882. The molecule has 0 saturated carbocycles. The normalized spacial score (nSPS) is 17.0. The minimum absolute atomic E-state index is 0.162. The van der Waals surface area contributed by atoms with Gasteiger partial charge in [0.05, 0.1) is 25.7 Å². The van der Waals surface area contributed by atoms with Gasteiger partial charge in [0.2, 0.25) is 5.91 Å². The lowest BCUT2D eigenvalue weighted by Gasteiger charge is -2.34. The molecule has 0 aliphatic carbocycles. The summed E-state index contributed by atoms with van der Waals surface area (Å²) in [6.45, 7) is 5.06. The third-order valence-corrected chi connectivity index (χ3v) is 4.25. The van der Waals surface area contributed by atoms with Gasteiger partial charge in [0.15, 0.2) is 0 Å². The molecular weight excluding hydrogens is 336 g/mol. The van der Waals surface area contributed by atoms with Crippen molar-refractivity contribution in [3.05, 3.63) is 29.8 Å². The number of hydrogen-bond donors (Lipinski definition) is 1. The smallest absolute Gasteiger partial charge is 0.308 e. The Morgan fingerprint density at radius 1 is 1.31 bits per heavy atom. The lowest BCUT2D eigenvalue weighted by atomic mass is 10.1. The van der Waals surface area contributed by atoms with Gasteiger partial charge in [-0.05, 0) is 24.5 Å². The second-order valence-electron chi connectivity index (χ2n) is 6.61. The fourth-order valence-electron chi connectivity index (χ4n) is 2.76. The lowest BCUT2D eigenvalue weighted by molar-refractivity contribution is -0.148. The molecule has 1 aromatic rings. The first kappa shape index (κ1) is 19.8. The van der Waals surface area contributed by atoms with Crippen molar-refractivity contribution >= 4 is 17.8 Å². The molecule has 26 heavy (non-hydrogen) atoms. The first-order valence-electron chi connectivity index (χ1n) is 8.81. The summed E-state index contributed by atoms with van der Waals surface area (Å²) in [4.78, 5) is 38.7. The number of para-hydroxylation sites is 1. The van der Waals surface area contributed by atoms with Crippen LogP contribution in [0.1, 0.15) is 37.0 Å². The number of amides is 2. The number of carbonyl (C=O) groups excluding carboxylic acids is 3. The molecule has 1 N–H and O–H groups in total. The van der Waals surface area contributed by atoms with Crippen LogP contribution in [0.3, 0.4) is 0 Å². The van der Waals surface area contributed by atoms with Crippen LogP contribution < -0.4 is 10.1 Å². The first-order valence-corrected chi connectivity index (χ1v) is 8.81. The second kappa shape index (κ2) is 9.22. The van der Waals surface area contributed by atoms with Crippen molar-refractivity contribution in [1.82, 2.24) is 10.2 Å². The SMILES string of the molecule is COc1ccccc1C(=O)N1CCNC(=O)C1CC(=O)OCCC(C)C. The van der Waals surface area contributed by atoms with Crippen molar-refractivity contribution in [1.29, 1.82) is 0 Å². The van der Waals surface area contributed by atoms with E-state index < -0.39 is 12.0 Å². The van der Waals surface area contributed by atoms with Crippen LogP contribution in [-0.4, -0.2) is 55.5 Å². The molecule has 0 bridgehead atoms. The maximum absolute atomic E-state index is 12.9. The highest BCUT2D eigenvalue weighted by Gasteiger charge is 2.36. The summed E-state index contributed by atoms with van der Waals surface area (Å²) in [5.74, 6) is -0.311. The molecule has 1 fully saturated rings. The van der Waals surface area contributed by atoms with E-state index in [-0.39, 0.29) is 18.2 Å². The monoisotopic (exact) mass is 362 g/mol. The molecule has 7 heteroatoms.